The summed E-state index contributed by atoms with van der Waals surface area (Å²) in [4.78, 5) is 0. The van der Waals surface area contributed by atoms with Crippen molar-refractivity contribution in [2.45, 2.75) is 31.1 Å². The second kappa shape index (κ2) is 3.64. The Morgan fingerprint density at radius 2 is 1.70 bits per heavy atom. The zero-order valence-corrected chi connectivity index (χ0v) is 7.46. The number of hydrogen-bond donors (Lipinski definition) is 0. The average molecular weight is 179 g/mol. The van der Waals surface area contributed by atoms with Gasteiger partial charge in [0.1, 0.15) is 0 Å². The molecule has 0 unspecified atom stereocenters. The molecular weight excluding hydrogens is 167 g/mol. The number of rotatable bonds is 1. The van der Waals surface area contributed by atoms with Crippen LogP contribution < -0.4 is 0 Å². The first-order valence-corrected chi connectivity index (χ1v) is 4.50. The summed E-state index contributed by atoms with van der Waals surface area (Å²) in [6.45, 7) is 3.73. The topological polar surface area (TPSA) is 0 Å². The number of hydrogen-bond acceptors (Lipinski definition) is 0. The van der Waals surface area contributed by atoms with E-state index in [0.29, 0.717) is 11.3 Å². The summed E-state index contributed by atoms with van der Waals surface area (Å²) in [5.41, 5.74) is 0. The SMILES string of the molecule is C=C(Cl)C1CCC(Cl)CC1. The van der Waals surface area contributed by atoms with Gasteiger partial charge in [-0.05, 0) is 31.6 Å². The van der Waals surface area contributed by atoms with E-state index in [4.69, 9.17) is 23.2 Å². The molecule has 0 N–H and O–H groups in total. The third kappa shape index (κ3) is 2.17. The molecule has 0 radical (unpaired) electrons. The van der Waals surface area contributed by atoms with Crippen molar-refractivity contribution in [3.05, 3.63) is 11.6 Å². The van der Waals surface area contributed by atoms with E-state index >= 15 is 0 Å². The summed E-state index contributed by atoms with van der Waals surface area (Å²) in [6.07, 6.45) is 4.43. The Morgan fingerprint density at radius 1 is 1.20 bits per heavy atom. The Balaban J connectivity index is 2.33. The van der Waals surface area contributed by atoms with Gasteiger partial charge in [-0.15, -0.1) is 11.6 Å². The van der Waals surface area contributed by atoms with Crippen LogP contribution in [0.4, 0.5) is 0 Å². The highest BCUT2D eigenvalue weighted by Crippen LogP contribution is 2.32. The molecule has 10 heavy (non-hydrogen) atoms. The minimum Gasteiger partial charge on any atom is -0.123 e. The Bertz CT molecular complexity index is 123. The van der Waals surface area contributed by atoms with Gasteiger partial charge < -0.3 is 0 Å². The fraction of sp³-hybridized carbons (Fsp3) is 0.750. The normalized spacial score (nSPS) is 33.8. The van der Waals surface area contributed by atoms with Crippen LogP contribution in [0.2, 0.25) is 0 Å². The van der Waals surface area contributed by atoms with Crippen molar-refractivity contribution in [3.8, 4) is 0 Å². The molecule has 0 aromatic carbocycles. The number of alkyl halides is 1. The molecule has 0 bridgehead atoms. The van der Waals surface area contributed by atoms with Gasteiger partial charge in [0, 0.05) is 10.4 Å². The average Bonchev–Trinajstić information content (AvgIpc) is 1.88. The Morgan fingerprint density at radius 3 is 2.10 bits per heavy atom. The zero-order valence-electron chi connectivity index (χ0n) is 5.95. The molecule has 2 heteroatoms. The molecule has 0 spiro atoms. The molecule has 0 amide bonds. The molecule has 0 saturated heterocycles. The third-order valence-electron chi connectivity index (χ3n) is 2.10. The molecule has 58 valence electrons. The van der Waals surface area contributed by atoms with Crippen molar-refractivity contribution in [3.63, 3.8) is 0 Å². The first kappa shape index (κ1) is 8.42. The lowest BCUT2D eigenvalue weighted by Crippen LogP contribution is -2.13. The summed E-state index contributed by atoms with van der Waals surface area (Å²) in [5, 5.41) is 1.19. The Labute approximate surface area is 72.2 Å². The minimum atomic E-state index is 0.382. The van der Waals surface area contributed by atoms with E-state index in [2.05, 4.69) is 6.58 Å². The van der Waals surface area contributed by atoms with E-state index < -0.39 is 0 Å². The predicted molar refractivity (Wildman–Crippen MR) is 46.6 cm³/mol. The lowest BCUT2D eigenvalue weighted by Gasteiger charge is -2.23. The molecule has 0 aromatic heterocycles. The van der Waals surface area contributed by atoms with Crippen molar-refractivity contribution in [2.75, 3.05) is 0 Å². The second-order valence-electron chi connectivity index (χ2n) is 2.90. The van der Waals surface area contributed by atoms with Crippen LogP contribution in [0, 0.1) is 5.92 Å². The number of halogens is 2. The largest absolute Gasteiger partial charge is 0.123 e. The van der Waals surface area contributed by atoms with E-state index in [0.717, 1.165) is 30.7 Å². The van der Waals surface area contributed by atoms with Gasteiger partial charge in [-0.2, -0.15) is 0 Å². The standard InChI is InChI=1S/C8H12Cl2/c1-6(9)7-2-4-8(10)5-3-7/h7-8H,1-5H2. The van der Waals surface area contributed by atoms with Gasteiger partial charge in [0.05, 0.1) is 0 Å². The minimum absolute atomic E-state index is 0.382. The number of allylic oxidation sites excluding steroid dienone is 1. The molecule has 1 rings (SSSR count). The van der Waals surface area contributed by atoms with Gasteiger partial charge in [-0.3, -0.25) is 0 Å². The summed E-state index contributed by atoms with van der Waals surface area (Å²) in [5.74, 6) is 0.525. The van der Waals surface area contributed by atoms with Crippen molar-refractivity contribution in [2.24, 2.45) is 5.92 Å². The van der Waals surface area contributed by atoms with Crippen LogP contribution in [0.1, 0.15) is 25.7 Å². The van der Waals surface area contributed by atoms with Crippen LogP contribution in [0.15, 0.2) is 11.6 Å². The molecule has 1 saturated carbocycles. The van der Waals surface area contributed by atoms with Crippen LogP contribution in [-0.2, 0) is 0 Å². The highest BCUT2D eigenvalue weighted by atomic mass is 35.5. The van der Waals surface area contributed by atoms with E-state index in [1.807, 2.05) is 0 Å². The molecule has 0 aliphatic heterocycles. The van der Waals surface area contributed by atoms with E-state index in [-0.39, 0.29) is 0 Å². The van der Waals surface area contributed by atoms with Gasteiger partial charge in [0.25, 0.3) is 0 Å². The van der Waals surface area contributed by atoms with Crippen LogP contribution >= 0.6 is 23.2 Å². The highest BCUT2D eigenvalue weighted by Gasteiger charge is 2.20. The summed E-state index contributed by atoms with van der Waals surface area (Å²) in [6, 6.07) is 0. The van der Waals surface area contributed by atoms with Crippen molar-refractivity contribution in [1.29, 1.82) is 0 Å². The predicted octanol–water partition coefficient (Wildman–Crippen LogP) is 3.54. The maximum Gasteiger partial charge on any atom is 0.0336 e. The molecule has 1 aliphatic rings. The van der Waals surface area contributed by atoms with Crippen LogP contribution in [0.25, 0.3) is 0 Å². The second-order valence-corrected chi connectivity index (χ2v) is 4.00. The van der Waals surface area contributed by atoms with Crippen molar-refractivity contribution in [1.82, 2.24) is 0 Å². The molecular formula is C8H12Cl2. The Kier molecular flexibility index (Phi) is 3.06. The molecule has 0 atom stereocenters. The van der Waals surface area contributed by atoms with Gasteiger partial charge in [-0.25, -0.2) is 0 Å². The van der Waals surface area contributed by atoms with Crippen LogP contribution in [0.5, 0.6) is 0 Å². The smallest absolute Gasteiger partial charge is 0.0336 e. The first-order valence-electron chi connectivity index (χ1n) is 3.68. The fourth-order valence-electron chi connectivity index (χ4n) is 1.37. The van der Waals surface area contributed by atoms with Gasteiger partial charge in [0.2, 0.25) is 0 Å². The summed E-state index contributed by atoms with van der Waals surface area (Å²) < 4.78 is 0. The van der Waals surface area contributed by atoms with Crippen LogP contribution in [-0.4, -0.2) is 5.38 Å². The monoisotopic (exact) mass is 178 g/mol. The van der Waals surface area contributed by atoms with Gasteiger partial charge in [0.15, 0.2) is 0 Å². The lowest BCUT2D eigenvalue weighted by atomic mass is 9.89. The molecule has 1 fully saturated rings. The summed E-state index contributed by atoms with van der Waals surface area (Å²) in [7, 11) is 0. The molecule has 0 heterocycles. The van der Waals surface area contributed by atoms with Gasteiger partial charge in [-0.1, -0.05) is 18.2 Å². The quantitative estimate of drug-likeness (QED) is 0.540. The lowest BCUT2D eigenvalue weighted by molar-refractivity contribution is 0.419. The summed E-state index contributed by atoms with van der Waals surface area (Å²) >= 11 is 11.7. The first-order chi connectivity index (χ1) is 4.70. The third-order valence-corrected chi connectivity index (χ3v) is 2.84. The van der Waals surface area contributed by atoms with E-state index in [9.17, 15) is 0 Å². The maximum atomic E-state index is 5.91. The van der Waals surface area contributed by atoms with Crippen LogP contribution in [0.3, 0.4) is 0 Å². The van der Waals surface area contributed by atoms with Gasteiger partial charge >= 0.3 is 0 Å². The van der Waals surface area contributed by atoms with E-state index in [1.165, 1.54) is 0 Å². The maximum absolute atomic E-state index is 5.91. The highest BCUT2D eigenvalue weighted by molar-refractivity contribution is 6.29. The van der Waals surface area contributed by atoms with Crippen molar-refractivity contribution >= 4 is 23.2 Å². The zero-order chi connectivity index (χ0) is 7.56. The van der Waals surface area contributed by atoms with Crippen molar-refractivity contribution < 1.29 is 0 Å². The fourth-order valence-corrected chi connectivity index (χ4v) is 1.84. The van der Waals surface area contributed by atoms with E-state index in [1.54, 1.807) is 0 Å². The molecule has 1 aliphatic carbocycles. The Hall–Kier alpha value is 0.320. The molecule has 0 nitrogen and oxygen atoms in total. The molecule has 0 aromatic rings.